The van der Waals surface area contributed by atoms with Gasteiger partial charge >= 0.3 is 0 Å². The van der Waals surface area contributed by atoms with Crippen LogP contribution < -0.4 is 10.6 Å². The Morgan fingerprint density at radius 1 is 0.885 bits per heavy atom. The SMILES string of the molecule is O=C(CNC1CCCCC1)Nc1nc2c(s1)CCCCCCCCCC2. The molecule has 5 heteroatoms. The minimum absolute atomic E-state index is 0.0559. The Balaban J connectivity index is 1.50. The van der Waals surface area contributed by atoms with E-state index in [1.54, 1.807) is 11.3 Å². The van der Waals surface area contributed by atoms with Gasteiger partial charge in [0, 0.05) is 10.9 Å². The predicted octanol–water partition coefficient (Wildman–Crippen LogP) is 5.22. The summed E-state index contributed by atoms with van der Waals surface area (Å²) in [6.07, 6.45) is 19.2. The monoisotopic (exact) mass is 377 g/mol. The number of hydrogen-bond acceptors (Lipinski definition) is 4. The lowest BCUT2D eigenvalue weighted by Gasteiger charge is -2.22. The Hall–Kier alpha value is -0.940. The highest BCUT2D eigenvalue weighted by atomic mass is 32.1. The maximum absolute atomic E-state index is 12.3. The molecule has 1 aromatic rings. The fraction of sp³-hybridized carbons (Fsp3) is 0.810. The molecule has 0 spiro atoms. The fourth-order valence-electron chi connectivity index (χ4n) is 4.17. The van der Waals surface area contributed by atoms with Gasteiger partial charge in [-0.25, -0.2) is 4.98 Å². The van der Waals surface area contributed by atoms with E-state index in [0.29, 0.717) is 12.6 Å². The van der Waals surface area contributed by atoms with Gasteiger partial charge < -0.3 is 10.6 Å². The maximum Gasteiger partial charge on any atom is 0.240 e. The van der Waals surface area contributed by atoms with Gasteiger partial charge in [-0.05, 0) is 38.5 Å². The third-order valence-corrected chi connectivity index (χ3v) is 6.82. The summed E-state index contributed by atoms with van der Waals surface area (Å²) in [5.74, 6) is 0.0559. The van der Waals surface area contributed by atoms with Gasteiger partial charge in [-0.1, -0.05) is 57.8 Å². The van der Waals surface area contributed by atoms with Crippen molar-refractivity contribution in [2.24, 2.45) is 0 Å². The molecule has 0 aromatic carbocycles. The van der Waals surface area contributed by atoms with Gasteiger partial charge in [0.15, 0.2) is 5.13 Å². The number of thiazole rings is 1. The number of anilines is 1. The Kier molecular flexibility index (Phi) is 8.40. The van der Waals surface area contributed by atoms with E-state index in [-0.39, 0.29) is 5.91 Å². The molecule has 1 amide bonds. The topological polar surface area (TPSA) is 54.0 Å². The van der Waals surface area contributed by atoms with Crippen LogP contribution in [0.4, 0.5) is 5.13 Å². The van der Waals surface area contributed by atoms with Crippen molar-refractivity contribution in [1.29, 1.82) is 0 Å². The molecular formula is C21H35N3OS. The summed E-state index contributed by atoms with van der Waals surface area (Å²) in [5.41, 5.74) is 1.24. The first kappa shape index (κ1) is 19.8. The van der Waals surface area contributed by atoms with Gasteiger partial charge in [-0.2, -0.15) is 0 Å². The molecule has 0 bridgehead atoms. The van der Waals surface area contributed by atoms with Crippen molar-refractivity contribution in [3.8, 4) is 0 Å². The molecule has 0 radical (unpaired) electrons. The second-order valence-corrected chi connectivity index (χ2v) is 9.06. The fourth-order valence-corrected chi connectivity index (χ4v) is 5.24. The van der Waals surface area contributed by atoms with Gasteiger partial charge in [0.2, 0.25) is 5.91 Å². The average molecular weight is 378 g/mol. The number of fused-ring (bicyclic) bond motifs is 1. The zero-order chi connectivity index (χ0) is 18.0. The van der Waals surface area contributed by atoms with Crippen LogP contribution in [-0.2, 0) is 17.6 Å². The molecule has 1 heterocycles. The van der Waals surface area contributed by atoms with Crippen LogP contribution >= 0.6 is 11.3 Å². The lowest BCUT2D eigenvalue weighted by molar-refractivity contribution is -0.115. The first-order valence-electron chi connectivity index (χ1n) is 10.8. The van der Waals surface area contributed by atoms with Crippen molar-refractivity contribution in [1.82, 2.24) is 10.3 Å². The summed E-state index contributed by atoms with van der Waals surface area (Å²) in [6.45, 7) is 0.412. The van der Waals surface area contributed by atoms with Crippen LogP contribution in [0.1, 0.15) is 94.0 Å². The maximum atomic E-state index is 12.3. The predicted molar refractivity (Wildman–Crippen MR) is 110 cm³/mol. The van der Waals surface area contributed by atoms with Gasteiger partial charge in [0.1, 0.15) is 0 Å². The van der Waals surface area contributed by atoms with Crippen molar-refractivity contribution in [2.45, 2.75) is 102 Å². The summed E-state index contributed by atoms with van der Waals surface area (Å²) in [4.78, 5) is 18.5. The van der Waals surface area contributed by atoms with E-state index in [9.17, 15) is 4.79 Å². The minimum Gasteiger partial charge on any atom is -0.306 e. The second-order valence-electron chi connectivity index (χ2n) is 7.98. The van der Waals surface area contributed by atoms with Crippen LogP contribution in [0.2, 0.25) is 0 Å². The van der Waals surface area contributed by atoms with Crippen LogP contribution in [-0.4, -0.2) is 23.5 Å². The number of nitrogens with one attached hydrogen (secondary N) is 2. The van der Waals surface area contributed by atoms with E-state index in [2.05, 4.69) is 10.6 Å². The summed E-state index contributed by atoms with van der Waals surface area (Å²) in [6, 6.07) is 0.520. The Labute approximate surface area is 162 Å². The number of nitrogens with zero attached hydrogens (tertiary/aromatic N) is 1. The number of hydrogen-bond donors (Lipinski definition) is 2. The summed E-state index contributed by atoms with van der Waals surface area (Å²) in [5, 5.41) is 7.27. The van der Waals surface area contributed by atoms with Crippen molar-refractivity contribution in [3.63, 3.8) is 0 Å². The highest BCUT2D eigenvalue weighted by Crippen LogP contribution is 2.27. The summed E-state index contributed by atoms with van der Waals surface area (Å²) in [7, 11) is 0. The van der Waals surface area contributed by atoms with Gasteiger partial charge in [-0.3, -0.25) is 4.79 Å². The smallest absolute Gasteiger partial charge is 0.240 e. The number of rotatable bonds is 4. The first-order chi connectivity index (χ1) is 12.8. The lowest BCUT2D eigenvalue weighted by Crippen LogP contribution is -2.37. The molecule has 3 rings (SSSR count). The van der Waals surface area contributed by atoms with E-state index in [0.717, 1.165) is 18.0 Å². The molecule has 2 aliphatic carbocycles. The molecule has 2 N–H and O–H groups in total. The number of aromatic nitrogens is 1. The van der Waals surface area contributed by atoms with E-state index in [1.165, 1.54) is 94.0 Å². The van der Waals surface area contributed by atoms with E-state index in [1.807, 2.05) is 0 Å². The third-order valence-electron chi connectivity index (χ3n) is 5.75. The number of carbonyl (C=O) groups excluding carboxylic acids is 1. The highest BCUT2D eigenvalue weighted by Gasteiger charge is 2.16. The second kappa shape index (κ2) is 11.0. The normalized spacial score (nSPS) is 20.6. The van der Waals surface area contributed by atoms with Gasteiger partial charge in [0.05, 0.1) is 12.2 Å². The molecule has 0 atom stereocenters. The largest absolute Gasteiger partial charge is 0.306 e. The summed E-state index contributed by atoms with van der Waals surface area (Å²) >= 11 is 1.70. The Morgan fingerprint density at radius 3 is 2.23 bits per heavy atom. The zero-order valence-electron chi connectivity index (χ0n) is 16.2. The molecular weight excluding hydrogens is 342 g/mol. The zero-order valence-corrected chi connectivity index (χ0v) is 17.0. The highest BCUT2D eigenvalue weighted by molar-refractivity contribution is 7.15. The minimum atomic E-state index is 0.0559. The molecule has 0 saturated heterocycles. The molecule has 146 valence electrons. The molecule has 1 fully saturated rings. The Morgan fingerprint density at radius 2 is 1.50 bits per heavy atom. The number of aryl methyl sites for hydroxylation is 2. The van der Waals surface area contributed by atoms with Crippen LogP contribution in [0.25, 0.3) is 0 Å². The first-order valence-corrected chi connectivity index (χ1v) is 11.6. The quantitative estimate of drug-likeness (QED) is 0.756. The molecule has 1 saturated carbocycles. The third kappa shape index (κ3) is 6.66. The van der Waals surface area contributed by atoms with Crippen LogP contribution in [0, 0.1) is 0 Å². The van der Waals surface area contributed by atoms with Gasteiger partial charge in [-0.15, -0.1) is 11.3 Å². The molecule has 26 heavy (non-hydrogen) atoms. The Bertz CT molecular complexity index is 522. The molecule has 2 aliphatic rings. The van der Waals surface area contributed by atoms with Crippen LogP contribution in [0.15, 0.2) is 0 Å². The van der Waals surface area contributed by atoms with Crippen molar-refractivity contribution < 1.29 is 4.79 Å². The molecule has 1 aromatic heterocycles. The molecule has 4 nitrogen and oxygen atoms in total. The van der Waals surface area contributed by atoms with Crippen molar-refractivity contribution >= 4 is 22.4 Å². The van der Waals surface area contributed by atoms with Crippen molar-refractivity contribution in [2.75, 3.05) is 11.9 Å². The van der Waals surface area contributed by atoms with Crippen LogP contribution in [0.5, 0.6) is 0 Å². The van der Waals surface area contributed by atoms with E-state index in [4.69, 9.17) is 4.98 Å². The van der Waals surface area contributed by atoms with Crippen molar-refractivity contribution in [3.05, 3.63) is 10.6 Å². The molecule has 0 unspecified atom stereocenters. The van der Waals surface area contributed by atoms with Crippen LogP contribution in [0.3, 0.4) is 0 Å². The standard InChI is InChI=1S/C21H35N3OS/c25-20(16-22-17-12-8-7-9-13-17)24-21-23-18-14-10-5-3-1-2-4-6-11-15-19(18)26-21/h17,22H,1-16H2,(H,23,24,25). The van der Waals surface area contributed by atoms with E-state index < -0.39 is 0 Å². The lowest BCUT2D eigenvalue weighted by atomic mass is 9.95. The number of amides is 1. The molecule has 0 aliphatic heterocycles. The van der Waals surface area contributed by atoms with Gasteiger partial charge in [0.25, 0.3) is 0 Å². The summed E-state index contributed by atoms with van der Waals surface area (Å²) < 4.78 is 0. The number of carbonyl (C=O) groups is 1. The van der Waals surface area contributed by atoms with E-state index >= 15 is 0 Å². The average Bonchev–Trinajstić information content (AvgIpc) is 3.02.